The zero-order valence-corrected chi connectivity index (χ0v) is 22.0. The van der Waals surface area contributed by atoms with Gasteiger partial charge in [-0.2, -0.15) is 0 Å². The lowest BCUT2D eigenvalue weighted by molar-refractivity contribution is -0.161. The summed E-state index contributed by atoms with van der Waals surface area (Å²) >= 11 is 6.18. The standard InChI is InChI=1S/C31H29ClFNO4/c1-18-5-3-8-22(17-18)28(35)25-26(19-11-15-24(33)16-12-19)31(2,30(37)38)34(29(36)21-6-4-7-21)27(25)20-9-13-23(32)14-10-20/h3,5,8-17,21,25-27H,4,6-7H2,1-2H3,(H,37,38). The van der Waals surface area contributed by atoms with E-state index in [2.05, 4.69) is 0 Å². The Morgan fingerprint density at radius 3 is 2.16 bits per heavy atom. The molecule has 1 aliphatic heterocycles. The SMILES string of the molecule is Cc1cccc(C(=O)C2C(c3ccc(Cl)cc3)N(C(=O)C3CCC3)C(C)(C(=O)O)C2c2ccc(F)cc2)c1. The summed E-state index contributed by atoms with van der Waals surface area (Å²) in [6.07, 6.45) is 2.25. The maximum Gasteiger partial charge on any atom is 0.330 e. The molecular weight excluding hydrogens is 505 g/mol. The van der Waals surface area contributed by atoms with Crippen molar-refractivity contribution in [3.8, 4) is 0 Å². The third-order valence-corrected chi connectivity index (χ3v) is 8.51. The molecule has 1 aliphatic carbocycles. The Morgan fingerprint density at radius 1 is 0.974 bits per heavy atom. The predicted molar refractivity (Wildman–Crippen MR) is 143 cm³/mol. The molecule has 5 rings (SSSR count). The number of ketones is 1. The van der Waals surface area contributed by atoms with Crippen LogP contribution in [-0.4, -0.2) is 33.2 Å². The number of Topliss-reactive ketones (excluding diaryl/α,β-unsaturated/α-hetero) is 1. The molecule has 7 heteroatoms. The predicted octanol–water partition coefficient (Wildman–Crippen LogP) is 6.60. The average molecular weight is 534 g/mol. The summed E-state index contributed by atoms with van der Waals surface area (Å²) < 4.78 is 14.0. The lowest BCUT2D eigenvalue weighted by Gasteiger charge is -2.41. The van der Waals surface area contributed by atoms with Gasteiger partial charge in [-0.05, 0) is 68.1 Å². The minimum absolute atomic E-state index is 0.264. The van der Waals surface area contributed by atoms with Gasteiger partial charge in [0.05, 0.1) is 12.0 Å². The van der Waals surface area contributed by atoms with Crippen molar-refractivity contribution < 1.29 is 23.9 Å². The molecule has 0 radical (unpaired) electrons. The number of rotatable bonds is 6. The first-order chi connectivity index (χ1) is 18.1. The van der Waals surface area contributed by atoms with Crippen molar-refractivity contribution in [2.75, 3.05) is 0 Å². The molecule has 196 valence electrons. The molecule has 4 unspecified atom stereocenters. The van der Waals surface area contributed by atoms with Gasteiger partial charge in [0.25, 0.3) is 0 Å². The first-order valence-electron chi connectivity index (χ1n) is 12.8. The van der Waals surface area contributed by atoms with Gasteiger partial charge in [-0.1, -0.05) is 66.0 Å². The number of carbonyl (C=O) groups is 3. The van der Waals surface area contributed by atoms with Crippen LogP contribution in [0.5, 0.6) is 0 Å². The number of aliphatic carboxylic acids is 1. The Bertz CT molecular complexity index is 1390. The lowest BCUT2D eigenvalue weighted by Crippen LogP contribution is -2.56. The van der Waals surface area contributed by atoms with Crippen molar-refractivity contribution >= 4 is 29.3 Å². The van der Waals surface area contributed by atoms with E-state index in [0.29, 0.717) is 34.6 Å². The number of carbonyl (C=O) groups excluding carboxylic acids is 2. The molecule has 2 fully saturated rings. The fourth-order valence-corrected chi connectivity index (χ4v) is 6.22. The molecule has 1 amide bonds. The van der Waals surface area contributed by atoms with Gasteiger partial charge in [0.2, 0.25) is 5.91 Å². The van der Waals surface area contributed by atoms with Crippen molar-refractivity contribution in [2.45, 2.75) is 50.6 Å². The van der Waals surface area contributed by atoms with E-state index in [9.17, 15) is 23.9 Å². The second-order valence-corrected chi connectivity index (χ2v) is 11.0. The summed E-state index contributed by atoms with van der Waals surface area (Å²) in [7, 11) is 0. The maximum absolute atomic E-state index is 14.4. The van der Waals surface area contributed by atoms with Crippen molar-refractivity contribution in [3.63, 3.8) is 0 Å². The van der Waals surface area contributed by atoms with Gasteiger partial charge >= 0.3 is 5.97 Å². The molecule has 3 aromatic rings. The second-order valence-electron chi connectivity index (χ2n) is 10.6. The van der Waals surface area contributed by atoms with Crippen LogP contribution in [0, 0.1) is 24.6 Å². The Morgan fingerprint density at radius 2 is 1.61 bits per heavy atom. The number of carboxylic acids is 1. The molecular formula is C31H29ClFNO4. The zero-order valence-electron chi connectivity index (χ0n) is 21.2. The fourth-order valence-electron chi connectivity index (χ4n) is 6.09. The molecule has 4 atom stereocenters. The van der Waals surface area contributed by atoms with Gasteiger partial charge in [-0.25, -0.2) is 9.18 Å². The van der Waals surface area contributed by atoms with Gasteiger partial charge in [0.1, 0.15) is 11.4 Å². The summed E-state index contributed by atoms with van der Waals surface area (Å²) in [4.78, 5) is 43.1. The molecule has 2 aliphatic rings. The number of halogens is 2. The van der Waals surface area contributed by atoms with E-state index >= 15 is 0 Å². The molecule has 5 nitrogen and oxygen atoms in total. The highest BCUT2D eigenvalue weighted by Crippen LogP contribution is 2.57. The van der Waals surface area contributed by atoms with Crippen LogP contribution in [0.1, 0.15) is 65.2 Å². The van der Waals surface area contributed by atoms with Gasteiger partial charge in [-0.15, -0.1) is 0 Å². The van der Waals surface area contributed by atoms with Crippen LogP contribution in [0.15, 0.2) is 72.8 Å². The summed E-state index contributed by atoms with van der Waals surface area (Å²) in [6.45, 7) is 3.40. The first kappa shape index (κ1) is 26.1. The van der Waals surface area contributed by atoms with Gasteiger partial charge in [0, 0.05) is 22.4 Å². The molecule has 1 saturated carbocycles. The number of likely N-dealkylation sites (tertiary alicyclic amines) is 1. The topological polar surface area (TPSA) is 74.7 Å². The molecule has 0 aromatic heterocycles. The summed E-state index contributed by atoms with van der Waals surface area (Å²) in [5.41, 5.74) is 0.680. The van der Waals surface area contributed by atoms with Crippen LogP contribution in [0.3, 0.4) is 0 Å². The molecule has 3 aromatic carbocycles. The van der Waals surface area contributed by atoms with E-state index in [1.807, 2.05) is 13.0 Å². The van der Waals surface area contributed by atoms with Gasteiger partial charge in [0.15, 0.2) is 5.78 Å². The highest BCUT2D eigenvalue weighted by molar-refractivity contribution is 6.30. The Kier molecular flexibility index (Phi) is 6.86. The summed E-state index contributed by atoms with van der Waals surface area (Å²) in [5, 5.41) is 11.3. The quantitative estimate of drug-likeness (QED) is 0.362. The third kappa shape index (κ3) is 4.31. The van der Waals surface area contributed by atoms with Crippen LogP contribution in [0.4, 0.5) is 4.39 Å². The fraction of sp³-hybridized carbons (Fsp3) is 0.323. The Labute approximate surface area is 226 Å². The Hall–Kier alpha value is -3.51. The van der Waals surface area contributed by atoms with Crippen LogP contribution < -0.4 is 0 Å². The van der Waals surface area contributed by atoms with Crippen LogP contribution in [-0.2, 0) is 9.59 Å². The molecule has 0 spiro atoms. The van der Waals surface area contributed by atoms with E-state index in [0.717, 1.165) is 12.0 Å². The second kappa shape index (κ2) is 9.99. The molecule has 38 heavy (non-hydrogen) atoms. The highest BCUT2D eigenvalue weighted by atomic mass is 35.5. The maximum atomic E-state index is 14.4. The zero-order chi connectivity index (χ0) is 27.2. The van der Waals surface area contributed by atoms with E-state index in [4.69, 9.17) is 11.6 Å². The molecule has 1 N–H and O–H groups in total. The highest BCUT2D eigenvalue weighted by Gasteiger charge is 2.65. The summed E-state index contributed by atoms with van der Waals surface area (Å²) in [6, 6.07) is 18.7. The van der Waals surface area contributed by atoms with Crippen molar-refractivity contribution in [1.29, 1.82) is 0 Å². The van der Waals surface area contributed by atoms with E-state index in [-0.39, 0.29) is 17.6 Å². The third-order valence-electron chi connectivity index (χ3n) is 8.25. The smallest absolute Gasteiger partial charge is 0.330 e. The monoisotopic (exact) mass is 533 g/mol. The number of benzene rings is 3. The van der Waals surface area contributed by atoms with E-state index < -0.39 is 35.2 Å². The van der Waals surface area contributed by atoms with Gasteiger partial charge < -0.3 is 10.0 Å². The number of aryl methyl sites for hydroxylation is 1. The first-order valence-corrected chi connectivity index (χ1v) is 13.2. The van der Waals surface area contributed by atoms with Crippen molar-refractivity contribution in [3.05, 3.63) is 106 Å². The number of hydrogen-bond acceptors (Lipinski definition) is 3. The van der Waals surface area contributed by atoms with E-state index in [1.54, 1.807) is 42.5 Å². The number of nitrogens with zero attached hydrogens (tertiary/aromatic N) is 1. The molecule has 1 heterocycles. The molecule has 1 saturated heterocycles. The minimum atomic E-state index is -1.76. The minimum Gasteiger partial charge on any atom is -0.479 e. The van der Waals surface area contributed by atoms with Crippen LogP contribution >= 0.6 is 11.6 Å². The number of carboxylic acid groups (broad SMARTS) is 1. The Balaban J connectivity index is 1.79. The lowest BCUT2D eigenvalue weighted by atomic mass is 9.71. The largest absolute Gasteiger partial charge is 0.479 e. The van der Waals surface area contributed by atoms with Gasteiger partial charge in [-0.3, -0.25) is 9.59 Å². The normalized spacial score (nSPS) is 25.2. The van der Waals surface area contributed by atoms with Crippen molar-refractivity contribution in [2.24, 2.45) is 11.8 Å². The van der Waals surface area contributed by atoms with Crippen LogP contribution in [0.2, 0.25) is 5.02 Å². The number of hydrogen-bond donors (Lipinski definition) is 1. The number of amides is 1. The van der Waals surface area contributed by atoms with E-state index in [1.165, 1.54) is 36.1 Å². The summed E-state index contributed by atoms with van der Waals surface area (Å²) in [5.74, 6) is -4.39. The van der Waals surface area contributed by atoms with Crippen LogP contribution in [0.25, 0.3) is 0 Å². The average Bonchev–Trinajstić information content (AvgIpc) is 3.14. The van der Waals surface area contributed by atoms with Crippen molar-refractivity contribution in [1.82, 2.24) is 4.90 Å². The molecule has 0 bridgehead atoms.